The average Bonchev–Trinajstić information content (AvgIpc) is 3.57. The number of hydrogen-bond donors (Lipinski definition) is 2. The Labute approximate surface area is 263 Å². The second-order valence-electron chi connectivity index (χ2n) is 10.4. The topological polar surface area (TPSA) is 77.0 Å². The number of hydrogen-bond acceptors (Lipinski definition) is 7. The van der Waals surface area contributed by atoms with Gasteiger partial charge in [-0.1, -0.05) is 12.1 Å². The van der Waals surface area contributed by atoms with Gasteiger partial charge in [0.1, 0.15) is 29.9 Å². The summed E-state index contributed by atoms with van der Waals surface area (Å²) in [6.45, 7) is 6.35. The third-order valence-corrected chi connectivity index (χ3v) is 8.56. The summed E-state index contributed by atoms with van der Waals surface area (Å²) in [6, 6.07) is 17.9. The number of piperidine rings is 1. The van der Waals surface area contributed by atoms with Crippen LogP contribution in [0.3, 0.4) is 0 Å². The number of aromatic nitrogens is 1. The molecule has 11 heteroatoms. The molecule has 2 aliphatic rings. The molecule has 4 aromatic rings. The Morgan fingerprint density at radius 2 is 1.79 bits per heavy atom. The number of nitrogens with one attached hydrogen (secondary N) is 2. The summed E-state index contributed by atoms with van der Waals surface area (Å²) >= 11 is 1.64. The van der Waals surface area contributed by atoms with E-state index >= 15 is 0 Å². The maximum atomic E-state index is 13.4. The van der Waals surface area contributed by atoms with E-state index < -0.39 is 0 Å². The Morgan fingerprint density at radius 1 is 1.05 bits per heavy atom. The van der Waals surface area contributed by atoms with Gasteiger partial charge in [-0.3, -0.25) is 9.69 Å². The summed E-state index contributed by atoms with van der Waals surface area (Å²) in [6.07, 6.45) is 2.30. The molecule has 2 aliphatic heterocycles. The van der Waals surface area contributed by atoms with Gasteiger partial charge in [-0.15, -0.1) is 36.2 Å². The molecule has 2 N–H and O–H groups in total. The molecule has 42 heavy (non-hydrogen) atoms. The zero-order valence-corrected chi connectivity index (χ0v) is 26.1. The van der Waals surface area contributed by atoms with Crippen LogP contribution in [0.4, 0.5) is 5.69 Å². The first-order chi connectivity index (χ1) is 19.6. The number of ether oxygens (including phenoxy) is 3. The van der Waals surface area contributed by atoms with Crippen LogP contribution in [-0.4, -0.2) is 60.9 Å². The molecule has 226 valence electrons. The van der Waals surface area contributed by atoms with Crippen LogP contribution in [0.15, 0.2) is 60.0 Å². The smallest absolute Gasteiger partial charge is 0.272 e. The Bertz CT molecular complexity index is 1450. The minimum absolute atomic E-state index is 0. The van der Waals surface area contributed by atoms with E-state index in [9.17, 15) is 4.79 Å². The maximum Gasteiger partial charge on any atom is 0.272 e. The van der Waals surface area contributed by atoms with E-state index in [1.807, 2.05) is 65.5 Å². The summed E-state index contributed by atoms with van der Waals surface area (Å²) in [5, 5.41) is 8.60. The van der Waals surface area contributed by atoms with Gasteiger partial charge in [-0.25, -0.2) is 0 Å². The highest BCUT2D eigenvalue weighted by molar-refractivity contribution is 7.17. The fourth-order valence-electron chi connectivity index (χ4n) is 5.40. The number of rotatable bonds is 9. The predicted molar refractivity (Wildman–Crippen MR) is 173 cm³/mol. The normalized spacial score (nSPS) is 15.9. The van der Waals surface area contributed by atoms with E-state index in [2.05, 4.69) is 21.6 Å². The lowest BCUT2D eigenvalue weighted by molar-refractivity contribution is 0.0340. The lowest BCUT2D eigenvalue weighted by Gasteiger charge is -2.28. The molecule has 0 unspecified atom stereocenters. The molecule has 0 saturated carbocycles. The quantitative estimate of drug-likeness (QED) is 0.240. The maximum absolute atomic E-state index is 13.4. The molecule has 0 radical (unpaired) electrons. The molecule has 2 aromatic carbocycles. The number of morpholine rings is 1. The van der Waals surface area contributed by atoms with Crippen LogP contribution in [0.2, 0.25) is 0 Å². The fourth-order valence-corrected chi connectivity index (χ4v) is 6.25. The average molecular weight is 634 g/mol. The van der Waals surface area contributed by atoms with Gasteiger partial charge in [0.05, 0.1) is 23.4 Å². The SMILES string of the molecule is Cl.Cl.Cn1c(C(=O)Nc2cccc(CN3CCOCC3)c2COc2ccc(OC3CCNCC3)cc2)cc2sccc21. The Morgan fingerprint density at radius 3 is 2.52 bits per heavy atom. The van der Waals surface area contributed by atoms with Crippen molar-refractivity contribution >= 4 is 58.0 Å². The summed E-state index contributed by atoms with van der Waals surface area (Å²) < 4.78 is 21.0. The standard InChI is InChI=1S/C31H36N4O4S.2ClH/c1-34-28-11-18-40-30(28)19-29(34)31(36)33-27-4-2-3-22(20-35-14-16-37-17-15-35)26(27)21-38-23-5-7-24(8-6-23)39-25-9-12-32-13-10-25;;/h2-8,11,18-19,25,32H,9-10,12-17,20-21H2,1H3,(H,33,36);2*1H. The van der Waals surface area contributed by atoms with E-state index in [-0.39, 0.29) is 36.8 Å². The molecule has 2 saturated heterocycles. The van der Waals surface area contributed by atoms with Crippen LogP contribution in [0.25, 0.3) is 10.2 Å². The van der Waals surface area contributed by atoms with Gasteiger partial charge in [0.25, 0.3) is 5.91 Å². The van der Waals surface area contributed by atoms with Gasteiger partial charge in [0, 0.05) is 37.9 Å². The molecule has 2 fully saturated rings. The highest BCUT2D eigenvalue weighted by Gasteiger charge is 2.20. The number of aryl methyl sites for hydroxylation is 1. The Hall–Kier alpha value is -2.79. The summed E-state index contributed by atoms with van der Waals surface area (Å²) in [4.78, 5) is 15.8. The predicted octanol–water partition coefficient (Wildman–Crippen LogP) is 5.88. The highest BCUT2D eigenvalue weighted by Crippen LogP contribution is 2.28. The third kappa shape index (κ3) is 7.58. The van der Waals surface area contributed by atoms with E-state index in [0.29, 0.717) is 12.3 Å². The fraction of sp³-hybridized carbons (Fsp3) is 0.387. The second kappa shape index (κ2) is 15.1. The number of carbonyl (C=O) groups excluding carboxylic acids is 1. The van der Waals surface area contributed by atoms with Crippen LogP contribution in [0.5, 0.6) is 11.5 Å². The largest absolute Gasteiger partial charge is 0.490 e. The third-order valence-electron chi connectivity index (χ3n) is 7.71. The second-order valence-corrected chi connectivity index (χ2v) is 11.3. The van der Waals surface area contributed by atoms with Gasteiger partial charge in [0.15, 0.2) is 0 Å². The van der Waals surface area contributed by atoms with Crippen molar-refractivity contribution in [2.45, 2.75) is 32.1 Å². The summed E-state index contributed by atoms with van der Waals surface area (Å²) in [5.74, 6) is 1.50. The van der Waals surface area contributed by atoms with Gasteiger partial charge in [-0.2, -0.15) is 0 Å². The van der Waals surface area contributed by atoms with Crippen LogP contribution in [-0.2, 0) is 24.9 Å². The zero-order chi connectivity index (χ0) is 27.3. The molecule has 1 amide bonds. The summed E-state index contributed by atoms with van der Waals surface area (Å²) in [7, 11) is 1.93. The van der Waals surface area contributed by atoms with E-state index in [1.54, 1.807) is 11.3 Å². The van der Waals surface area contributed by atoms with Crippen molar-refractivity contribution in [3.8, 4) is 11.5 Å². The van der Waals surface area contributed by atoms with Crippen molar-refractivity contribution < 1.29 is 19.0 Å². The molecule has 0 aliphatic carbocycles. The van der Waals surface area contributed by atoms with Crippen molar-refractivity contribution in [3.63, 3.8) is 0 Å². The highest BCUT2D eigenvalue weighted by atomic mass is 35.5. The van der Waals surface area contributed by atoms with Crippen LogP contribution < -0.4 is 20.1 Å². The first kappa shape index (κ1) is 32.1. The summed E-state index contributed by atoms with van der Waals surface area (Å²) in [5.41, 5.74) is 4.59. The number of carbonyl (C=O) groups is 1. The lowest BCUT2D eigenvalue weighted by atomic mass is 10.0. The molecule has 0 spiro atoms. The van der Waals surface area contributed by atoms with Gasteiger partial charge in [-0.05, 0) is 79.3 Å². The minimum Gasteiger partial charge on any atom is -0.490 e. The van der Waals surface area contributed by atoms with Gasteiger partial charge >= 0.3 is 0 Å². The molecular formula is C31H38Cl2N4O4S. The van der Waals surface area contributed by atoms with Crippen LogP contribution >= 0.6 is 36.2 Å². The van der Waals surface area contributed by atoms with E-state index in [4.69, 9.17) is 14.2 Å². The number of thiophene rings is 1. The van der Waals surface area contributed by atoms with Crippen molar-refractivity contribution in [3.05, 3.63) is 76.8 Å². The molecule has 0 atom stereocenters. The number of nitrogens with zero attached hydrogens (tertiary/aromatic N) is 2. The number of benzene rings is 2. The zero-order valence-electron chi connectivity index (χ0n) is 23.7. The van der Waals surface area contributed by atoms with Crippen molar-refractivity contribution in [1.82, 2.24) is 14.8 Å². The molecule has 4 heterocycles. The first-order valence-electron chi connectivity index (χ1n) is 14.0. The Kier molecular flexibility index (Phi) is 11.5. The van der Waals surface area contributed by atoms with Crippen molar-refractivity contribution in [2.24, 2.45) is 7.05 Å². The minimum atomic E-state index is -0.130. The van der Waals surface area contributed by atoms with Gasteiger partial charge in [0.2, 0.25) is 0 Å². The molecule has 6 rings (SSSR count). The van der Waals surface area contributed by atoms with E-state index in [1.165, 1.54) is 0 Å². The first-order valence-corrected chi connectivity index (χ1v) is 14.9. The Balaban J connectivity index is 0.00000202. The van der Waals surface area contributed by atoms with Crippen molar-refractivity contribution in [1.29, 1.82) is 0 Å². The molecular weight excluding hydrogens is 595 g/mol. The van der Waals surface area contributed by atoms with E-state index in [0.717, 1.165) is 97.3 Å². The number of halogens is 2. The van der Waals surface area contributed by atoms with Crippen molar-refractivity contribution in [2.75, 3.05) is 44.7 Å². The number of amides is 1. The monoisotopic (exact) mass is 632 g/mol. The van der Waals surface area contributed by atoms with Crippen LogP contribution in [0.1, 0.15) is 34.5 Å². The molecule has 8 nitrogen and oxygen atoms in total. The number of fused-ring (bicyclic) bond motifs is 1. The van der Waals surface area contributed by atoms with Crippen LogP contribution in [0, 0.1) is 0 Å². The molecule has 0 bridgehead atoms. The number of anilines is 1. The van der Waals surface area contributed by atoms with Gasteiger partial charge < -0.3 is 29.4 Å². The molecule has 2 aromatic heterocycles. The lowest BCUT2D eigenvalue weighted by Crippen LogP contribution is -2.36.